The van der Waals surface area contributed by atoms with Crippen LogP contribution in [0.25, 0.3) is 0 Å². The predicted molar refractivity (Wildman–Crippen MR) is 53.3 cm³/mol. The van der Waals surface area contributed by atoms with Crippen LogP contribution >= 0.6 is 31.9 Å². The third kappa shape index (κ3) is 1.33. The van der Waals surface area contributed by atoms with E-state index in [2.05, 4.69) is 31.9 Å². The fourth-order valence-electron chi connectivity index (χ4n) is 0.869. The number of Topliss-reactive ketones (excluding diaryl/α,β-unsaturated/α-hetero) is 2. The highest BCUT2D eigenvalue weighted by Gasteiger charge is 2.27. The summed E-state index contributed by atoms with van der Waals surface area (Å²) in [6, 6.07) is 0. The zero-order chi connectivity index (χ0) is 9.46. The lowest BCUT2D eigenvalue weighted by atomic mass is 9.98. The van der Waals surface area contributed by atoms with Crippen molar-refractivity contribution in [2.24, 2.45) is 0 Å². The van der Waals surface area contributed by atoms with E-state index >= 15 is 0 Å². The van der Waals surface area contributed by atoms with Gasteiger partial charge in [-0.05, 0) is 45.7 Å². The molecule has 0 radical (unpaired) electrons. The lowest BCUT2D eigenvalue weighted by Gasteiger charge is -2.12. The van der Waals surface area contributed by atoms with E-state index in [0.717, 1.165) is 0 Å². The van der Waals surface area contributed by atoms with Crippen LogP contribution in [0.2, 0.25) is 0 Å². The van der Waals surface area contributed by atoms with E-state index in [1.54, 1.807) is 13.8 Å². The van der Waals surface area contributed by atoms with E-state index in [4.69, 9.17) is 0 Å². The van der Waals surface area contributed by atoms with Crippen molar-refractivity contribution in [3.05, 3.63) is 20.1 Å². The third-order valence-electron chi connectivity index (χ3n) is 1.74. The minimum Gasteiger partial charge on any atom is -0.285 e. The molecule has 0 spiro atoms. The summed E-state index contributed by atoms with van der Waals surface area (Å²) in [6.45, 7) is 3.25. The molecular weight excluding hydrogens is 288 g/mol. The smallest absolute Gasteiger partial charge is 0.230 e. The minimum atomic E-state index is -0.428. The number of ketones is 2. The van der Waals surface area contributed by atoms with Gasteiger partial charge in [-0.2, -0.15) is 0 Å². The molecule has 0 unspecified atom stereocenters. The summed E-state index contributed by atoms with van der Waals surface area (Å²) < 4.78 is 1.34. The number of hydrogen-bond acceptors (Lipinski definition) is 2. The molecule has 1 aliphatic rings. The summed E-state index contributed by atoms with van der Waals surface area (Å²) in [5, 5.41) is 0. The molecule has 12 heavy (non-hydrogen) atoms. The van der Waals surface area contributed by atoms with Crippen LogP contribution in [-0.4, -0.2) is 11.6 Å². The normalized spacial score (nSPS) is 19.3. The molecule has 0 fully saturated rings. The van der Waals surface area contributed by atoms with E-state index < -0.39 is 11.6 Å². The van der Waals surface area contributed by atoms with Gasteiger partial charge in [0.2, 0.25) is 11.6 Å². The Labute approximate surface area is 87.0 Å². The van der Waals surface area contributed by atoms with Crippen LogP contribution in [0.5, 0.6) is 0 Å². The van der Waals surface area contributed by atoms with Gasteiger partial charge in [0.05, 0.1) is 0 Å². The highest BCUT2D eigenvalue weighted by molar-refractivity contribution is 9.15. The summed E-state index contributed by atoms with van der Waals surface area (Å²) in [5.74, 6) is -0.856. The molecule has 0 aromatic heterocycles. The largest absolute Gasteiger partial charge is 0.285 e. The lowest BCUT2D eigenvalue weighted by molar-refractivity contribution is -0.132. The molecule has 0 N–H and O–H groups in total. The van der Waals surface area contributed by atoms with E-state index in [1.165, 1.54) is 0 Å². The molecule has 0 saturated carbocycles. The van der Waals surface area contributed by atoms with Gasteiger partial charge < -0.3 is 0 Å². The van der Waals surface area contributed by atoms with Crippen molar-refractivity contribution in [1.82, 2.24) is 0 Å². The molecule has 0 saturated heterocycles. The van der Waals surface area contributed by atoms with Gasteiger partial charge in [0, 0.05) is 20.1 Å². The fraction of sp³-hybridized carbons (Fsp3) is 0.250. The second-order valence-corrected chi connectivity index (χ2v) is 4.12. The van der Waals surface area contributed by atoms with Crippen LogP contribution in [0.1, 0.15) is 13.8 Å². The zero-order valence-corrected chi connectivity index (χ0v) is 9.74. The number of rotatable bonds is 0. The quantitative estimate of drug-likeness (QED) is 0.508. The molecular formula is C8H6Br2O2. The standard InChI is InChI=1S/C8H6Br2O2/c1-3-5(9)6(10)4(2)8(12)7(3)11/h1-2H3. The van der Waals surface area contributed by atoms with Crippen LogP contribution < -0.4 is 0 Å². The zero-order valence-electron chi connectivity index (χ0n) is 6.57. The molecule has 0 heterocycles. The van der Waals surface area contributed by atoms with Crippen molar-refractivity contribution in [2.45, 2.75) is 13.8 Å². The molecule has 0 bridgehead atoms. The first kappa shape index (κ1) is 9.86. The van der Waals surface area contributed by atoms with Crippen LogP contribution in [0.3, 0.4) is 0 Å². The minimum absolute atomic E-state index is 0.428. The summed E-state index contributed by atoms with van der Waals surface area (Å²) in [6.07, 6.45) is 0. The number of hydrogen-bond donors (Lipinski definition) is 0. The molecule has 0 aromatic rings. The number of allylic oxidation sites excluding steroid dienone is 4. The molecule has 1 rings (SSSR count). The van der Waals surface area contributed by atoms with E-state index in [-0.39, 0.29) is 0 Å². The molecule has 0 amide bonds. The molecule has 0 atom stereocenters. The Morgan fingerprint density at radius 1 is 0.833 bits per heavy atom. The summed E-state index contributed by atoms with van der Waals surface area (Å²) in [4.78, 5) is 22.4. The van der Waals surface area contributed by atoms with Crippen molar-refractivity contribution < 1.29 is 9.59 Å². The molecule has 64 valence electrons. The van der Waals surface area contributed by atoms with Gasteiger partial charge in [0.25, 0.3) is 0 Å². The number of carbonyl (C=O) groups excluding carboxylic acids is 2. The van der Waals surface area contributed by atoms with Gasteiger partial charge >= 0.3 is 0 Å². The summed E-state index contributed by atoms with van der Waals surface area (Å²) >= 11 is 6.46. The van der Waals surface area contributed by atoms with Crippen molar-refractivity contribution in [1.29, 1.82) is 0 Å². The monoisotopic (exact) mass is 292 g/mol. The van der Waals surface area contributed by atoms with Crippen LogP contribution in [0.15, 0.2) is 20.1 Å². The van der Waals surface area contributed by atoms with E-state index in [0.29, 0.717) is 20.1 Å². The maximum Gasteiger partial charge on any atom is 0.230 e. The van der Waals surface area contributed by atoms with Crippen molar-refractivity contribution in [3.63, 3.8) is 0 Å². The van der Waals surface area contributed by atoms with Gasteiger partial charge in [-0.1, -0.05) is 0 Å². The van der Waals surface area contributed by atoms with E-state index in [9.17, 15) is 9.59 Å². The van der Waals surface area contributed by atoms with Gasteiger partial charge in [0.1, 0.15) is 0 Å². The van der Waals surface area contributed by atoms with Crippen molar-refractivity contribution in [3.8, 4) is 0 Å². The Balaban J connectivity index is 3.37. The lowest BCUT2D eigenvalue weighted by Crippen LogP contribution is -2.21. The maximum absolute atomic E-state index is 11.2. The van der Waals surface area contributed by atoms with Crippen LogP contribution in [-0.2, 0) is 9.59 Å². The SMILES string of the molecule is CC1=C(Br)C(Br)=C(C)C(=O)C1=O. The number of carbonyl (C=O) groups is 2. The summed E-state index contributed by atoms with van der Waals surface area (Å²) in [5.41, 5.74) is 0.912. The van der Waals surface area contributed by atoms with Gasteiger partial charge in [-0.15, -0.1) is 0 Å². The Bertz CT molecular complexity index is 288. The van der Waals surface area contributed by atoms with Gasteiger partial charge in [-0.3, -0.25) is 9.59 Å². The Kier molecular flexibility index (Phi) is 2.68. The topological polar surface area (TPSA) is 34.1 Å². The van der Waals surface area contributed by atoms with Crippen LogP contribution in [0.4, 0.5) is 0 Å². The number of halogens is 2. The second kappa shape index (κ2) is 3.26. The van der Waals surface area contributed by atoms with Crippen LogP contribution in [0, 0.1) is 0 Å². The van der Waals surface area contributed by atoms with E-state index in [1.807, 2.05) is 0 Å². The second-order valence-electron chi connectivity index (χ2n) is 2.54. The highest BCUT2D eigenvalue weighted by atomic mass is 79.9. The first-order valence-corrected chi connectivity index (χ1v) is 4.87. The van der Waals surface area contributed by atoms with Crippen molar-refractivity contribution in [2.75, 3.05) is 0 Å². The fourth-order valence-corrected chi connectivity index (χ4v) is 1.82. The molecule has 0 aromatic carbocycles. The van der Waals surface area contributed by atoms with Gasteiger partial charge in [-0.25, -0.2) is 0 Å². The Morgan fingerprint density at radius 2 is 1.08 bits per heavy atom. The predicted octanol–water partition coefficient (Wildman–Crippen LogP) is 2.48. The maximum atomic E-state index is 11.2. The highest BCUT2D eigenvalue weighted by Crippen LogP contribution is 2.33. The van der Waals surface area contributed by atoms with Gasteiger partial charge in [0.15, 0.2) is 0 Å². The average molecular weight is 294 g/mol. The molecule has 2 nitrogen and oxygen atoms in total. The Morgan fingerprint density at radius 3 is 1.33 bits per heavy atom. The molecule has 1 aliphatic carbocycles. The Hall–Kier alpha value is -0.220. The molecule has 4 heteroatoms. The first-order valence-electron chi connectivity index (χ1n) is 3.29. The summed E-state index contributed by atoms with van der Waals surface area (Å²) in [7, 11) is 0. The first-order chi connectivity index (χ1) is 5.46. The van der Waals surface area contributed by atoms with Crippen molar-refractivity contribution >= 4 is 43.4 Å². The average Bonchev–Trinajstić information content (AvgIpc) is 2.08. The molecule has 0 aliphatic heterocycles. The third-order valence-corrected chi connectivity index (χ3v) is 4.25.